The molecule has 0 bridgehead atoms. The van der Waals surface area contributed by atoms with E-state index in [0.29, 0.717) is 0 Å². The Morgan fingerprint density at radius 1 is 0.600 bits per heavy atom. The summed E-state index contributed by atoms with van der Waals surface area (Å²) >= 11 is 0. The van der Waals surface area contributed by atoms with Gasteiger partial charge in [0.1, 0.15) is 6.29 Å². The second kappa shape index (κ2) is 25.9. The number of hydrogen-bond donors (Lipinski definition) is 0. The summed E-state index contributed by atoms with van der Waals surface area (Å²) < 4.78 is 0. The molecular weight excluding hydrogens is 382 g/mol. The summed E-state index contributed by atoms with van der Waals surface area (Å²) in [5.41, 5.74) is 0. The molecular formula is C17H38BaMgO. The maximum Gasteiger partial charge on any atom is 0.316 e. The van der Waals surface area contributed by atoms with Gasteiger partial charge < -0.3 is 4.79 Å². The van der Waals surface area contributed by atoms with Crippen LogP contribution in [0.5, 0.6) is 0 Å². The zero-order valence-corrected chi connectivity index (χ0v) is 12.6. The van der Waals surface area contributed by atoms with Crippen LogP contribution in [0.2, 0.25) is 0 Å². The standard InChI is InChI=1S/C17H34O.Ba.Mg.4H/c1-2-3-4-5-6-7-8-9-10-11-12-13-14-15-16-17-18;;;;;;/h17H,2-16H2,1H3;;;;;;. The second-order valence-corrected chi connectivity index (χ2v) is 5.55. The van der Waals surface area contributed by atoms with Crippen molar-refractivity contribution in [3.05, 3.63) is 0 Å². The van der Waals surface area contributed by atoms with E-state index >= 15 is 0 Å². The van der Waals surface area contributed by atoms with Crippen LogP contribution in [0.15, 0.2) is 0 Å². The van der Waals surface area contributed by atoms with E-state index < -0.39 is 0 Å². The van der Waals surface area contributed by atoms with Crippen LogP contribution in [0.25, 0.3) is 0 Å². The van der Waals surface area contributed by atoms with Gasteiger partial charge in [-0.2, -0.15) is 0 Å². The molecule has 0 amide bonds. The molecule has 0 radical (unpaired) electrons. The predicted octanol–water partition coefficient (Wildman–Crippen LogP) is 4.22. The molecule has 1 nitrogen and oxygen atoms in total. The zero-order valence-electron chi connectivity index (χ0n) is 12.6. The topological polar surface area (TPSA) is 17.1 Å². The summed E-state index contributed by atoms with van der Waals surface area (Å²) in [7, 11) is 0. The van der Waals surface area contributed by atoms with Crippen molar-refractivity contribution in [1.29, 1.82) is 0 Å². The molecule has 0 fully saturated rings. The van der Waals surface area contributed by atoms with Gasteiger partial charge in [0.05, 0.1) is 0 Å². The Balaban J connectivity index is -0.00000144. The largest absolute Gasteiger partial charge is 0.316 e. The second-order valence-electron chi connectivity index (χ2n) is 5.55. The van der Waals surface area contributed by atoms with Gasteiger partial charge in [-0.15, -0.1) is 0 Å². The maximum atomic E-state index is 10.1. The Morgan fingerprint density at radius 3 is 1.20 bits per heavy atom. The van der Waals surface area contributed by atoms with Crippen molar-refractivity contribution < 1.29 is 4.79 Å². The summed E-state index contributed by atoms with van der Waals surface area (Å²) in [4.78, 5) is 10.1. The number of carbonyl (C=O) groups is 1. The molecule has 0 aliphatic carbocycles. The molecule has 0 heterocycles. The Labute approximate surface area is 184 Å². The Kier molecular flexibility index (Phi) is 34.9. The van der Waals surface area contributed by atoms with Gasteiger partial charge in [0, 0.05) is 6.42 Å². The molecule has 0 atom stereocenters. The third kappa shape index (κ3) is 25.0. The Hall–Kier alpha value is 2.01. The molecule has 0 aromatic carbocycles. The van der Waals surface area contributed by atoms with Gasteiger partial charge in [0.15, 0.2) is 0 Å². The van der Waals surface area contributed by atoms with Gasteiger partial charge in [-0.05, 0) is 6.42 Å². The van der Waals surface area contributed by atoms with E-state index in [1.54, 1.807) is 0 Å². The molecule has 0 aliphatic rings. The number of carbonyl (C=O) groups excluding carboxylic acids is 1. The summed E-state index contributed by atoms with van der Waals surface area (Å²) in [6.45, 7) is 2.28. The third-order valence-electron chi connectivity index (χ3n) is 3.68. The molecule has 0 aromatic rings. The number of hydrogen-bond acceptors (Lipinski definition) is 1. The molecule has 0 aromatic heterocycles. The SMILES string of the molecule is CCCCCCCCCCCCCCCCC=O.[BaH2].[MgH2]. The molecule has 116 valence electrons. The van der Waals surface area contributed by atoms with Crippen LogP contribution in [-0.2, 0) is 4.79 Å². The fourth-order valence-corrected chi connectivity index (χ4v) is 2.42. The normalized spacial score (nSPS) is 9.65. The van der Waals surface area contributed by atoms with Gasteiger partial charge in [-0.3, -0.25) is 0 Å². The minimum atomic E-state index is 0. The smallest absolute Gasteiger partial charge is 0.316 e. The first-order chi connectivity index (χ1) is 8.91. The quantitative estimate of drug-likeness (QED) is 0.220. The summed E-state index contributed by atoms with van der Waals surface area (Å²) in [5.74, 6) is 0. The summed E-state index contributed by atoms with van der Waals surface area (Å²) in [6.07, 6.45) is 21.1. The minimum Gasteiger partial charge on any atom is 0.316 e. The van der Waals surface area contributed by atoms with Gasteiger partial charge in [-0.1, -0.05) is 90.4 Å². The van der Waals surface area contributed by atoms with Gasteiger partial charge in [0.25, 0.3) is 0 Å². The molecule has 0 rings (SSSR count). The van der Waals surface area contributed by atoms with Crippen molar-refractivity contribution in [1.82, 2.24) is 0 Å². The Morgan fingerprint density at radius 2 is 0.900 bits per heavy atom. The number of rotatable bonds is 15. The van der Waals surface area contributed by atoms with Crippen LogP contribution in [0.3, 0.4) is 0 Å². The fraction of sp³-hybridized carbons (Fsp3) is 0.941. The number of unbranched alkanes of at least 4 members (excludes halogenated alkanes) is 14. The van der Waals surface area contributed by atoms with Crippen molar-refractivity contribution in [3.63, 3.8) is 0 Å². The molecule has 0 spiro atoms. The van der Waals surface area contributed by atoms with Crippen LogP contribution in [0.4, 0.5) is 0 Å². The average molecular weight is 420 g/mol. The number of aldehydes is 1. The van der Waals surface area contributed by atoms with Crippen LogP contribution < -0.4 is 0 Å². The maximum absolute atomic E-state index is 10.1. The van der Waals surface area contributed by atoms with Crippen molar-refractivity contribution in [2.45, 2.75) is 103 Å². The van der Waals surface area contributed by atoms with Gasteiger partial charge >= 0.3 is 71.9 Å². The molecule has 0 saturated heterocycles. The first-order valence-electron chi connectivity index (χ1n) is 8.35. The van der Waals surface area contributed by atoms with Gasteiger partial charge in [-0.25, -0.2) is 0 Å². The molecule has 0 aliphatic heterocycles. The summed E-state index contributed by atoms with van der Waals surface area (Å²) in [5, 5.41) is 0. The molecule has 3 heteroatoms. The van der Waals surface area contributed by atoms with E-state index in [9.17, 15) is 4.79 Å². The first kappa shape index (κ1) is 26.9. The van der Waals surface area contributed by atoms with E-state index in [-0.39, 0.29) is 71.9 Å². The van der Waals surface area contributed by atoms with Crippen molar-refractivity contribution in [2.24, 2.45) is 0 Å². The Bertz CT molecular complexity index is 165. The van der Waals surface area contributed by atoms with E-state index in [1.165, 1.54) is 83.5 Å². The summed E-state index contributed by atoms with van der Waals surface area (Å²) in [6, 6.07) is 0. The van der Waals surface area contributed by atoms with Crippen LogP contribution in [0.1, 0.15) is 103 Å². The third-order valence-corrected chi connectivity index (χ3v) is 3.68. The molecule has 0 saturated carbocycles. The van der Waals surface area contributed by atoms with E-state index in [2.05, 4.69) is 6.92 Å². The monoisotopic (exact) mass is 420 g/mol. The van der Waals surface area contributed by atoms with Crippen molar-refractivity contribution in [2.75, 3.05) is 0 Å². The van der Waals surface area contributed by atoms with Crippen LogP contribution in [0, 0.1) is 0 Å². The zero-order chi connectivity index (χ0) is 13.3. The molecule has 20 heavy (non-hydrogen) atoms. The molecule has 0 unspecified atom stereocenters. The minimum absolute atomic E-state index is 0. The van der Waals surface area contributed by atoms with Crippen molar-refractivity contribution >= 4 is 78.2 Å². The fourth-order valence-electron chi connectivity index (χ4n) is 2.42. The van der Waals surface area contributed by atoms with E-state index in [0.717, 1.165) is 19.1 Å². The average Bonchev–Trinajstić information content (AvgIpc) is 2.39. The van der Waals surface area contributed by atoms with Crippen LogP contribution >= 0.6 is 0 Å². The van der Waals surface area contributed by atoms with Crippen LogP contribution in [-0.4, -0.2) is 78.2 Å². The molecule has 0 N–H and O–H groups in total. The predicted molar refractivity (Wildman–Crippen MR) is 98.1 cm³/mol. The van der Waals surface area contributed by atoms with Crippen molar-refractivity contribution in [3.8, 4) is 0 Å². The first-order valence-corrected chi connectivity index (χ1v) is 8.35. The van der Waals surface area contributed by atoms with E-state index in [4.69, 9.17) is 0 Å². The van der Waals surface area contributed by atoms with Gasteiger partial charge in [0.2, 0.25) is 0 Å². The van der Waals surface area contributed by atoms with E-state index in [1.807, 2.05) is 0 Å².